The van der Waals surface area contributed by atoms with E-state index in [1.807, 2.05) is 0 Å². The van der Waals surface area contributed by atoms with Crippen molar-refractivity contribution in [1.82, 2.24) is 0 Å². The molecule has 0 saturated heterocycles. The van der Waals surface area contributed by atoms with E-state index in [0.29, 0.717) is 12.0 Å². The first-order valence-corrected chi connectivity index (χ1v) is 3.94. The van der Waals surface area contributed by atoms with Crippen LogP contribution in [0.4, 0.5) is 13.2 Å². The molecule has 0 heterocycles. The molecule has 0 bridgehead atoms. The van der Waals surface area contributed by atoms with Crippen LogP contribution in [0.3, 0.4) is 0 Å². The molecule has 4 heteroatoms. The fourth-order valence-corrected chi connectivity index (χ4v) is 1.52. The summed E-state index contributed by atoms with van der Waals surface area (Å²) in [5, 5.41) is 0. The lowest BCUT2D eigenvalue weighted by Gasteiger charge is -2.27. The monoisotopic (exact) mass is 187 g/mol. The van der Waals surface area contributed by atoms with Crippen molar-refractivity contribution in [2.75, 3.05) is 0 Å². The summed E-state index contributed by atoms with van der Waals surface area (Å²) in [7, 11) is 0. The number of halogens is 3. The number of alkyl halides is 3. The third kappa shape index (κ3) is 1.31. The maximum Gasteiger partial charge on any atom is 0.416 e. The molecule has 0 aromatic heterocycles. The fourth-order valence-electron chi connectivity index (χ4n) is 1.52. The molecular weight excluding hydrogens is 179 g/mol. The molecule has 1 aliphatic rings. The first kappa shape index (κ1) is 8.56. The van der Waals surface area contributed by atoms with Crippen molar-refractivity contribution in [2.24, 2.45) is 5.73 Å². The molecule has 1 aromatic carbocycles. The summed E-state index contributed by atoms with van der Waals surface area (Å²) in [5.74, 6) is 0. The van der Waals surface area contributed by atoms with Crippen LogP contribution in [0.15, 0.2) is 18.2 Å². The average molecular weight is 187 g/mol. The van der Waals surface area contributed by atoms with Gasteiger partial charge >= 0.3 is 6.18 Å². The van der Waals surface area contributed by atoms with Crippen LogP contribution >= 0.6 is 0 Å². The van der Waals surface area contributed by atoms with Crippen molar-refractivity contribution < 1.29 is 13.2 Å². The highest BCUT2D eigenvalue weighted by Crippen LogP contribution is 2.36. The van der Waals surface area contributed by atoms with Crippen molar-refractivity contribution in [3.63, 3.8) is 0 Å². The van der Waals surface area contributed by atoms with Crippen molar-refractivity contribution in [2.45, 2.75) is 18.6 Å². The lowest BCUT2D eigenvalue weighted by atomic mass is 9.83. The molecule has 1 atom stereocenters. The summed E-state index contributed by atoms with van der Waals surface area (Å²) in [4.78, 5) is 0. The Hall–Kier alpha value is -1.03. The van der Waals surface area contributed by atoms with Crippen LogP contribution in [-0.2, 0) is 12.6 Å². The summed E-state index contributed by atoms with van der Waals surface area (Å²) in [6, 6.07) is 3.53. The Morgan fingerprint density at radius 1 is 1.31 bits per heavy atom. The smallest absolute Gasteiger partial charge is 0.324 e. The van der Waals surface area contributed by atoms with Crippen LogP contribution in [0.1, 0.15) is 22.7 Å². The van der Waals surface area contributed by atoms with Gasteiger partial charge in [0, 0.05) is 6.04 Å². The quantitative estimate of drug-likeness (QED) is 0.662. The van der Waals surface area contributed by atoms with E-state index in [2.05, 4.69) is 0 Å². The molecule has 70 valence electrons. The zero-order valence-corrected chi connectivity index (χ0v) is 6.73. The minimum atomic E-state index is -4.26. The van der Waals surface area contributed by atoms with Crippen molar-refractivity contribution in [3.05, 3.63) is 34.9 Å². The Morgan fingerprint density at radius 3 is 2.54 bits per heavy atom. The Labute approximate surface area is 73.4 Å². The van der Waals surface area contributed by atoms with E-state index in [4.69, 9.17) is 5.73 Å². The number of rotatable bonds is 0. The second-order valence-electron chi connectivity index (χ2n) is 3.22. The van der Waals surface area contributed by atoms with Gasteiger partial charge < -0.3 is 5.73 Å². The van der Waals surface area contributed by atoms with Gasteiger partial charge in [0.15, 0.2) is 0 Å². The molecule has 1 aliphatic carbocycles. The predicted molar refractivity (Wildman–Crippen MR) is 42.1 cm³/mol. The standard InChI is InChI=1S/C9H8F3N/c10-9(11,12)6-2-1-5-3-8(13)7(5)4-6/h1-2,4,8H,3,13H2. The molecule has 0 saturated carbocycles. The van der Waals surface area contributed by atoms with Gasteiger partial charge in [-0.2, -0.15) is 13.2 Å². The largest absolute Gasteiger partial charge is 0.416 e. The van der Waals surface area contributed by atoms with Crippen LogP contribution in [-0.4, -0.2) is 0 Å². The van der Waals surface area contributed by atoms with Gasteiger partial charge in [0.05, 0.1) is 5.56 Å². The number of hydrogen-bond acceptors (Lipinski definition) is 1. The lowest BCUT2D eigenvalue weighted by Crippen LogP contribution is -2.25. The topological polar surface area (TPSA) is 26.0 Å². The molecule has 0 radical (unpaired) electrons. The van der Waals surface area contributed by atoms with Gasteiger partial charge in [-0.05, 0) is 29.7 Å². The molecule has 13 heavy (non-hydrogen) atoms. The van der Waals surface area contributed by atoms with Crippen LogP contribution < -0.4 is 5.73 Å². The molecule has 0 amide bonds. The van der Waals surface area contributed by atoms with Gasteiger partial charge in [-0.25, -0.2) is 0 Å². The first-order chi connectivity index (χ1) is 5.98. The van der Waals surface area contributed by atoms with E-state index in [-0.39, 0.29) is 6.04 Å². The van der Waals surface area contributed by atoms with E-state index < -0.39 is 11.7 Å². The minimum absolute atomic E-state index is 0.211. The minimum Gasteiger partial charge on any atom is -0.324 e. The normalized spacial score (nSPS) is 20.8. The van der Waals surface area contributed by atoms with E-state index in [9.17, 15) is 13.2 Å². The van der Waals surface area contributed by atoms with Gasteiger partial charge in [0.2, 0.25) is 0 Å². The van der Waals surface area contributed by atoms with Gasteiger partial charge in [0.25, 0.3) is 0 Å². The maximum atomic E-state index is 12.2. The summed E-state index contributed by atoms with van der Waals surface area (Å²) in [5.41, 5.74) is 6.49. The third-order valence-corrected chi connectivity index (χ3v) is 2.31. The second kappa shape index (κ2) is 2.48. The zero-order chi connectivity index (χ0) is 9.64. The first-order valence-electron chi connectivity index (χ1n) is 3.94. The van der Waals surface area contributed by atoms with Gasteiger partial charge in [-0.1, -0.05) is 6.07 Å². The molecule has 0 fully saturated rings. The van der Waals surface area contributed by atoms with Gasteiger partial charge in [0.1, 0.15) is 0 Å². The zero-order valence-electron chi connectivity index (χ0n) is 6.73. The predicted octanol–water partition coefficient (Wildman–Crippen LogP) is 2.26. The summed E-state index contributed by atoms with van der Waals surface area (Å²) < 4.78 is 36.6. The molecule has 1 aromatic rings. The number of fused-ring (bicyclic) bond motifs is 1. The average Bonchev–Trinajstić information content (AvgIpc) is 2.00. The summed E-state index contributed by atoms with van der Waals surface area (Å²) >= 11 is 0. The second-order valence-corrected chi connectivity index (χ2v) is 3.22. The molecule has 0 aliphatic heterocycles. The third-order valence-electron chi connectivity index (χ3n) is 2.31. The van der Waals surface area contributed by atoms with Crippen molar-refractivity contribution >= 4 is 0 Å². The molecule has 2 N–H and O–H groups in total. The Kier molecular flexibility index (Phi) is 1.63. The lowest BCUT2D eigenvalue weighted by molar-refractivity contribution is -0.137. The molecule has 1 unspecified atom stereocenters. The van der Waals surface area contributed by atoms with Crippen molar-refractivity contribution in [1.29, 1.82) is 0 Å². The molecule has 0 spiro atoms. The SMILES string of the molecule is NC1Cc2ccc(C(F)(F)F)cc21. The van der Waals surface area contributed by atoms with Crippen LogP contribution in [0.5, 0.6) is 0 Å². The summed E-state index contributed by atoms with van der Waals surface area (Å²) in [6.45, 7) is 0. The number of hydrogen-bond donors (Lipinski definition) is 1. The van der Waals surface area contributed by atoms with Gasteiger partial charge in [-0.15, -0.1) is 0 Å². The molecule has 2 rings (SSSR count). The van der Waals surface area contributed by atoms with E-state index >= 15 is 0 Å². The highest BCUT2D eigenvalue weighted by atomic mass is 19.4. The Morgan fingerprint density at radius 2 is 2.00 bits per heavy atom. The van der Waals surface area contributed by atoms with Crippen LogP contribution in [0, 0.1) is 0 Å². The fraction of sp³-hybridized carbons (Fsp3) is 0.333. The Bertz CT molecular complexity index is 343. The van der Waals surface area contributed by atoms with E-state index in [1.54, 1.807) is 0 Å². The van der Waals surface area contributed by atoms with E-state index in [1.165, 1.54) is 6.07 Å². The highest BCUT2D eigenvalue weighted by Gasteiger charge is 2.33. The summed E-state index contributed by atoms with van der Waals surface area (Å²) in [6.07, 6.45) is -3.57. The molecule has 1 nitrogen and oxygen atoms in total. The van der Waals surface area contributed by atoms with Crippen molar-refractivity contribution in [3.8, 4) is 0 Å². The van der Waals surface area contributed by atoms with E-state index in [0.717, 1.165) is 17.7 Å². The number of nitrogens with two attached hydrogens (primary N) is 1. The van der Waals surface area contributed by atoms with Gasteiger partial charge in [-0.3, -0.25) is 0 Å². The highest BCUT2D eigenvalue weighted by molar-refractivity contribution is 5.42. The van der Waals surface area contributed by atoms with Crippen LogP contribution in [0.2, 0.25) is 0 Å². The van der Waals surface area contributed by atoms with Crippen LogP contribution in [0.25, 0.3) is 0 Å². The molecular formula is C9H8F3N. The Balaban J connectivity index is 2.42. The number of benzene rings is 1. The maximum absolute atomic E-state index is 12.2.